The molecule has 1 N–H and O–H groups in total. The number of amides is 1. The van der Waals surface area contributed by atoms with E-state index in [1.165, 1.54) is 12.1 Å². The minimum absolute atomic E-state index is 0.00466. The van der Waals surface area contributed by atoms with Gasteiger partial charge in [-0.3, -0.25) is 4.79 Å². The zero-order chi connectivity index (χ0) is 19.2. The molecule has 1 saturated heterocycles. The monoisotopic (exact) mass is 371 g/mol. The number of piperazine rings is 1. The van der Waals surface area contributed by atoms with Crippen molar-refractivity contribution >= 4 is 23.2 Å². The van der Waals surface area contributed by atoms with Crippen LogP contribution in [0.1, 0.15) is 26.7 Å². The van der Waals surface area contributed by atoms with Gasteiger partial charge in [0.15, 0.2) is 11.6 Å². The van der Waals surface area contributed by atoms with Gasteiger partial charge in [-0.25, -0.2) is 4.39 Å². The van der Waals surface area contributed by atoms with Gasteiger partial charge in [0.1, 0.15) is 5.82 Å². The first-order chi connectivity index (χ1) is 13.1. The summed E-state index contributed by atoms with van der Waals surface area (Å²) in [5.41, 5.74) is 1.03. The Morgan fingerprint density at radius 2 is 1.63 bits per heavy atom. The van der Waals surface area contributed by atoms with Gasteiger partial charge in [-0.2, -0.15) is 0 Å². The summed E-state index contributed by atoms with van der Waals surface area (Å²) in [7, 11) is 0. The maximum absolute atomic E-state index is 13.1. The molecule has 2 heterocycles. The van der Waals surface area contributed by atoms with E-state index in [4.69, 9.17) is 0 Å². The van der Waals surface area contributed by atoms with Gasteiger partial charge in [0.05, 0.1) is 0 Å². The second-order valence-electron chi connectivity index (χ2n) is 6.73. The van der Waals surface area contributed by atoms with Crippen LogP contribution >= 0.6 is 0 Å². The molecule has 0 saturated carbocycles. The summed E-state index contributed by atoms with van der Waals surface area (Å²) >= 11 is 0. The maximum atomic E-state index is 13.1. The van der Waals surface area contributed by atoms with Gasteiger partial charge in [0.2, 0.25) is 5.91 Å². The first kappa shape index (κ1) is 19.1. The Morgan fingerprint density at radius 1 is 1.00 bits per heavy atom. The number of rotatable bonds is 6. The van der Waals surface area contributed by atoms with Crippen LogP contribution in [0.5, 0.6) is 0 Å². The van der Waals surface area contributed by atoms with Gasteiger partial charge in [-0.05, 0) is 49.2 Å². The van der Waals surface area contributed by atoms with Gasteiger partial charge in [-0.15, -0.1) is 10.2 Å². The Bertz CT molecular complexity index is 738. The van der Waals surface area contributed by atoms with Crippen LogP contribution in [0.4, 0.5) is 21.7 Å². The van der Waals surface area contributed by atoms with Crippen molar-refractivity contribution < 1.29 is 9.18 Å². The van der Waals surface area contributed by atoms with E-state index in [1.807, 2.05) is 32.0 Å². The minimum Gasteiger partial charge on any atom is -0.368 e. The Morgan fingerprint density at radius 3 is 2.19 bits per heavy atom. The van der Waals surface area contributed by atoms with E-state index in [0.29, 0.717) is 5.82 Å². The Balaban J connectivity index is 1.55. The van der Waals surface area contributed by atoms with Crippen LogP contribution in [0.3, 0.4) is 0 Å². The highest BCUT2D eigenvalue weighted by Gasteiger charge is 2.19. The number of nitrogens with zero attached hydrogens (tertiary/aromatic N) is 4. The van der Waals surface area contributed by atoms with Crippen LogP contribution in [-0.4, -0.2) is 42.3 Å². The largest absolute Gasteiger partial charge is 0.368 e. The van der Waals surface area contributed by atoms with Crippen molar-refractivity contribution in [3.05, 3.63) is 42.2 Å². The molecule has 0 radical (unpaired) electrons. The lowest BCUT2D eigenvalue weighted by Gasteiger charge is -2.36. The van der Waals surface area contributed by atoms with Crippen molar-refractivity contribution in [3.8, 4) is 0 Å². The summed E-state index contributed by atoms with van der Waals surface area (Å²) in [5, 5.41) is 11.3. The third-order valence-electron chi connectivity index (χ3n) is 5.05. The zero-order valence-corrected chi connectivity index (χ0v) is 15.9. The third-order valence-corrected chi connectivity index (χ3v) is 5.05. The molecule has 1 amide bonds. The van der Waals surface area contributed by atoms with Crippen LogP contribution in [0.25, 0.3) is 0 Å². The van der Waals surface area contributed by atoms with E-state index in [0.717, 1.165) is 50.5 Å². The van der Waals surface area contributed by atoms with Crippen molar-refractivity contribution in [2.45, 2.75) is 26.7 Å². The van der Waals surface area contributed by atoms with Crippen molar-refractivity contribution in [3.63, 3.8) is 0 Å². The average Bonchev–Trinajstić information content (AvgIpc) is 2.70. The van der Waals surface area contributed by atoms with E-state index in [2.05, 4.69) is 25.3 Å². The molecule has 7 heteroatoms. The van der Waals surface area contributed by atoms with E-state index in [-0.39, 0.29) is 17.6 Å². The fraction of sp³-hybridized carbons (Fsp3) is 0.450. The van der Waals surface area contributed by atoms with Crippen molar-refractivity contribution in [2.24, 2.45) is 5.92 Å². The molecule has 0 bridgehead atoms. The predicted octanol–water partition coefficient (Wildman–Crippen LogP) is 3.32. The summed E-state index contributed by atoms with van der Waals surface area (Å²) in [6.07, 6.45) is 1.62. The smallest absolute Gasteiger partial charge is 0.228 e. The molecule has 3 rings (SSSR count). The first-order valence-corrected chi connectivity index (χ1v) is 9.50. The van der Waals surface area contributed by atoms with Gasteiger partial charge < -0.3 is 15.1 Å². The topological polar surface area (TPSA) is 61.4 Å². The Hall–Kier alpha value is -2.70. The van der Waals surface area contributed by atoms with E-state index in [1.54, 1.807) is 6.07 Å². The number of anilines is 3. The molecule has 0 atom stereocenters. The average molecular weight is 371 g/mol. The third kappa shape index (κ3) is 4.72. The van der Waals surface area contributed by atoms with E-state index in [9.17, 15) is 9.18 Å². The van der Waals surface area contributed by atoms with Crippen LogP contribution in [0.2, 0.25) is 0 Å². The SMILES string of the molecule is CCC(CC)C(=O)Nc1ccc(N2CCN(c3ccc(F)cc3)CC2)nn1. The normalized spacial score (nSPS) is 14.5. The zero-order valence-electron chi connectivity index (χ0n) is 15.9. The Kier molecular flexibility index (Phi) is 6.21. The van der Waals surface area contributed by atoms with Gasteiger partial charge in [0, 0.05) is 37.8 Å². The molecule has 1 aliphatic heterocycles. The molecule has 144 valence electrons. The number of hydrogen-bond donors (Lipinski definition) is 1. The minimum atomic E-state index is -0.218. The van der Waals surface area contributed by atoms with E-state index < -0.39 is 0 Å². The molecule has 0 unspecified atom stereocenters. The molecule has 6 nitrogen and oxygen atoms in total. The van der Waals surface area contributed by atoms with Crippen molar-refractivity contribution in [1.29, 1.82) is 0 Å². The number of hydrogen-bond acceptors (Lipinski definition) is 5. The lowest BCUT2D eigenvalue weighted by Crippen LogP contribution is -2.46. The molecular formula is C20H26FN5O. The van der Waals surface area contributed by atoms with E-state index >= 15 is 0 Å². The molecule has 1 fully saturated rings. The lowest BCUT2D eigenvalue weighted by molar-refractivity contribution is -0.120. The summed E-state index contributed by atoms with van der Waals surface area (Å²) < 4.78 is 13.1. The molecule has 0 aliphatic carbocycles. The molecule has 2 aromatic rings. The predicted molar refractivity (Wildman–Crippen MR) is 106 cm³/mol. The molecule has 27 heavy (non-hydrogen) atoms. The number of nitrogens with one attached hydrogen (secondary N) is 1. The molecule has 1 aromatic heterocycles. The lowest BCUT2D eigenvalue weighted by atomic mass is 10.0. The number of carbonyl (C=O) groups is 1. The van der Waals surface area contributed by atoms with Gasteiger partial charge >= 0.3 is 0 Å². The second kappa shape index (κ2) is 8.79. The quantitative estimate of drug-likeness (QED) is 0.844. The fourth-order valence-electron chi connectivity index (χ4n) is 3.29. The highest BCUT2D eigenvalue weighted by Crippen LogP contribution is 2.20. The van der Waals surface area contributed by atoms with Gasteiger partial charge in [0.25, 0.3) is 0 Å². The molecule has 1 aliphatic rings. The summed E-state index contributed by atoms with van der Waals surface area (Å²) in [6.45, 7) is 7.31. The number of carbonyl (C=O) groups excluding carboxylic acids is 1. The number of halogens is 1. The standard InChI is InChI=1S/C20H26FN5O/c1-3-15(4-2)20(27)22-18-9-10-19(24-23-18)26-13-11-25(12-14-26)17-7-5-16(21)6-8-17/h5-10,15H,3-4,11-14H2,1-2H3,(H,22,23,27). The van der Waals surface area contributed by atoms with Crippen molar-refractivity contribution in [1.82, 2.24) is 10.2 Å². The number of benzene rings is 1. The van der Waals surface area contributed by atoms with Crippen LogP contribution in [0, 0.1) is 11.7 Å². The second-order valence-corrected chi connectivity index (χ2v) is 6.73. The van der Waals surface area contributed by atoms with Crippen LogP contribution in [0.15, 0.2) is 36.4 Å². The van der Waals surface area contributed by atoms with Gasteiger partial charge in [-0.1, -0.05) is 13.8 Å². The molecular weight excluding hydrogens is 345 g/mol. The highest BCUT2D eigenvalue weighted by atomic mass is 19.1. The fourth-order valence-corrected chi connectivity index (χ4v) is 3.29. The van der Waals surface area contributed by atoms with Crippen molar-refractivity contribution in [2.75, 3.05) is 41.3 Å². The van der Waals surface area contributed by atoms with Crippen LogP contribution in [-0.2, 0) is 4.79 Å². The summed E-state index contributed by atoms with van der Waals surface area (Å²) in [4.78, 5) is 16.5. The maximum Gasteiger partial charge on any atom is 0.228 e. The molecule has 0 spiro atoms. The first-order valence-electron chi connectivity index (χ1n) is 9.50. The number of aromatic nitrogens is 2. The molecule has 1 aromatic carbocycles. The van der Waals surface area contributed by atoms with Crippen LogP contribution < -0.4 is 15.1 Å². The summed E-state index contributed by atoms with van der Waals surface area (Å²) in [6, 6.07) is 10.3. The highest BCUT2D eigenvalue weighted by molar-refractivity contribution is 5.91. The summed E-state index contributed by atoms with van der Waals surface area (Å²) in [5.74, 6) is 1.07. The Labute approximate surface area is 159 Å².